The molecule has 1 aromatic carbocycles. The van der Waals surface area contributed by atoms with E-state index in [0.29, 0.717) is 0 Å². The summed E-state index contributed by atoms with van der Waals surface area (Å²) in [4.78, 5) is 0. The molecule has 0 aromatic heterocycles. The van der Waals surface area contributed by atoms with E-state index < -0.39 is 0 Å². The van der Waals surface area contributed by atoms with Gasteiger partial charge >= 0.3 is 19.5 Å². The molecule has 0 heterocycles. The molecule has 0 nitrogen and oxygen atoms in total. The predicted molar refractivity (Wildman–Crippen MR) is 30.3 cm³/mol. The Labute approximate surface area is 89.8 Å². The third kappa shape index (κ3) is 5.31. The van der Waals surface area contributed by atoms with E-state index in [1.54, 1.807) is 6.07 Å². The Bertz CT molecular complexity index is 143. The van der Waals surface area contributed by atoms with Gasteiger partial charge in [-0.15, -0.1) is 0 Å². The molecule has 0 amide bonds. The number of hydrogen-bond acceptors (Lipinski definition) is 0. The van der Waals surface area contributed by atoms with Crippen LogP contribution in [0.15, 0.2) is 24.3 Å². The van der Waals surface area contributed by atoms with Gasteiger partial charge in [0, 0.05) is 0 Å². The minimum absolute atomic E-state index is 0. The molecule has 0 saturated heterocycles. The van der Waals surface area contributed by atoms with Crippen LogP contribution in [0.2, 0.25) is 5.02 Å². The van der Waals surface area contributed by atoms with Gasteiger partial charge in [-0.2, -0.15) is 41.9 Å². The van der Waals surface area contributed by atoms with Crippen LogP contribution in [-0.2, 0) is 19.5 Å². The molecule has 44 valence electrons. The Kier molecular flexibility index (Phi) is 9.71. The van der Waals surface area contributed by atoms with Crippen molar-refractivity contribution in [1.29, 1.82) is 0 Å². The summed E-state index contributed by atoms with van der Waals surface area (Å²) in [5.74, 6) is 0. The summed E-state index contributed by atoms with van der Waals surface area (Å²) in [6, 6.07) is 10.0. The van der Waals surface area contributed by atoms with E-state index >= 15 is 0 Å². The van der Waals surface area contributed by atoms with Gasteiger partial charge in [-0.25, -0.2) is 0 Å². The van der Waals surface area contributed by atoms with Crippen molar-refractivity contribution in [3.8, 4) is 0 Å². The molecule has 9 heavy (non-hydrogen) atoms. The van der Waals surface area contributed by atoms with Crippen LogP contribution in [0.25, 0.3) is 0 Å². The van der Waals surface area contributed by atoms with Crippen molar-refractivity contribution in [2.45, 2.75) is 0 Å². The van der Waals surface area contributed by atoms with E-state index in [2.05, 4.69) is 6.07 Å². The minimum Gasteiger partial charge on any atom is -1.00 e. The van der Waals surface area contributed by atoms with Crippen LogP contribution in [0.5, 0.6) is 0 Å². The second-order valence-electron chi connectivity index (χ2n) is 1.22. The van der Waals surface area contributed by atoms with Crippen molar-refractivity contribution >= 4 is 11.6 Å². The molecule has 0 spiro atoms. The summed E-state index contributed by atoms with van der Waals surface area (Å²) >= 11 is 5.51. The van der Waals surface area contributed by atoms with Crippen LogP contribution in [0.3, 0.4) is 0 Å². The second-order valence-corrected chi connectivity index (χ2v) is 1.66. The normalized spacial score (nSPS) is 6.78. The van der Waals surface area contributed by atoms with E-state index in [1.165, 1.54) is 0 Å². The maximum absolute atomic E-state index is 5.51. The van der Waals surface area contributed by atoms with Crippen LogP contribution in [-0.4, -0.2) is 0 Å². The van der Waals surface area contributed by atoms with Gasteiger partial charge in [0.1, 0.15) is 0 Å². The first-order valence-electron chi connectivity index (χ1n) is 2.01. The molecular weight excluding hydrogens is 300 g/mol. The summed E-state index contributed by atoms with van der Waals surface area (Å²) in [5.41, 5.74) is 0. The van der Waals surface area contributed by atoms with E-state index in [4.69, 9.17) is 11.6 Å². The summed E-state index contributed by atoms with van der Waals surface area (Å²) in [6.45, 7) is 0. The van der Waals surface area contributed by atoms with Crippen molar-refractivity contribution in [2.24, 2.45) is 0 Å². The first-order valence-corrected chi connectivity index (χ1v) is 2.39. The standard InChI is InChI=1S/C6H4Cl.HI.Zn/c7-6-4-2-1-3-5-6;;/h1-2,4-5H;1H;/q-1;;+2/p-1. The quantitative estimate of drug-likeness (QED) is 0.332. The molecular formula is C6H4ClIZn. The molecule has 1 rings (SSSR count). The maximum atomic E-state index is 5.51. The van der Waals surface area contributed by atoms with Gasteiger partial charge in [0.05, 0.1) is 0 Å². The van der Waals surface area contributed by atoms with Gasteiger partial charge < -0.3 is 24.0 Å². The molecule has 0 unspecified atom stereocenters. The fourth-order valence-corrected chi connectivity index (χ4v) is 0.507. The van der Waals surface area contributed by atoms with Crippen LogP contribution in [0.1, 0.15) is 0 Å². The van der Waals surface area contributed by atoms with Crippen LogP contribution in [0.4, 0.5) is 0 Å². The van der Waals surface area contributed by atoms with Gasteiger partial charge in [-0.1, -0.05) is 5.02 Å². The zero-order valence-corrected chi connectivity index (χ0v) is 10.7. The molecule has 0 aliphatic heterocycles. The molecule has 0 radical (unpaired) electrons. The summed E-state index contributed by atoms with van der Waals surface area (Å²) in [7, 11) is 0. The predicted octanol–water partition coefficient (Wildman–Crippen LogP) is -0.858. The van der Waals surface area contributed by atoms with Gasteiger partial charge in [0.2, 0.25) is 0 Å². The van der Waals surface area contributed by atoms with Gasteiger partial charge in [0.15, 0.2) is 0 Å². The molecule has 0 aliphatic rings. The molecule has 0 bridgehead atoms. The molecule has 0 aliphatic carbocycles. The summed E-state index contributed by atoms with van der Waals surface area (Å²) in [6.07, 6.45) is 0. The van der Waals surface area contributed by atoms with Crippen LogP contribution in [0, 0.1) is 6.07 Å². The maximum Gasteiger partial charge on any atom is 2.00 e. The Morgan fingerprint density at radius 3 is 2.33 bits per heavy atom. The van der Waals surface area contributed by atoms with Crippen LogP contribution >= 0.6 is 11.6 Å². The monoisotopic (exact) mass is 302 g/mol. The van der Waals surface area contributed by atoms with Crippen LogP contribution < -0.4 is 24.0 Å². The SMILES string of the molecule is Clc1c[c-]ccc1.[I-].[Zn+2]. The number of rotatable bonds is 0. The summed E-state index contributed by atoms with van der Waals surface area (Å²) in [5, 5.41) is 0.738. The van der Waals surface area contributed by atoms with Crippen molar-refractivity contribution in [2.75, 3.05) is 0 Å². The first kappa shape index (κ1) is 12.5. The Balaban J connectivity index is 0. The molecule has 1 aromatic rings. The van der Waals surface area contributed by atoms with Gasteiger partial charge in [-0.3, -0.25) is 0 Å². The average molecular weight is 304 g/mol. The smallest absolute Gasteiger partial charge is 1.00 e. The Hall–Kier alpha value is 0.863. The van der Waals surface area contributed by atoms with Gasteiger partial charge in [0.25, 0.3) is 0 Å². The zero-order chi connectivity index (χ0) is 5.11. The van der Waals surface area contributed by atoms with Crippen molar-refractivity contribution < 1.29 is 43.5 Å². The zero-order valence-electron chi connectivity index (χ0n) is 4.77. The molecule has 0 fully saturated rings. The Morgan fingerprint density at radius 2 is 2.11 bits per heavy atom. The molecule has 0 saturated carbocycles. The van der Waals surface area contributed by atoms with E-state index in [1.807, 2.05) is 18.2 Å². The summed E-state index contributed by atoms with van der Waals surface area (Å²) < 4.78 is 0. The third-order valence-electron chi connectivity index (χ3n) is 0.669. The van der Waals surface area contributed by atoms with Gasteiger partial charge in [-0.05, 0) is 0 Å². The minimum atomic E-state index is 0. The third-order valence-corrected chi connectivity index (χ3v) is 0.904. The molecule has 0 N–H and O–H groups in total. The largest absolute Gasteiger partial charge is 2.00 e. The first-order chi connectivity index (χ1) is 3.39. The number of benzene rings is 1. The van der Waals surface area contributed by atoms with Crippen molar-refractivity contribution in [3.63, 3.8) is 0 Å². The Morgan fingerprint density at radius 1 is 1.44 bits per heavy atom. The fourth-order valence-electron chi connectivity index (χ4n) is 0.371. The van der Waals surface area contributed by atoms with E-state index in [9.17, 15) is 0 Å². The second kappa shape index (κ2) is 6.98. The fraction of sp³-hybridized carbons (Fsp3) is 0. The van der Waals surface area contributed by atoms with E-state index in [0.717, 1.165) is 5.02 Å². The van der Waals surface area contributed by atoms with Crippen molar-refractivity contribution in [3.05, 3.63) is 35.4 Å². The molecule has 0 atom stereocenters. The molecule has 3 heteroatoms. The van der Waals surface area contributed by atoms with Crippen molar-refractivity contribution in [1.82, 2.24) is 0 Å². The van der Waals surface area contributed by atoms with E-state index in [-0.39, 0.29) is 43.5 Å². The number of hydrogen-bond donors (Lipinski definition) is 0. The number of halogens is 2. The topological polar surface area (TPSA) is 0 Å². The average Bonchev–Trinajstić information content (AvgIpc) is 1.69.